The fourth-order valence-electron chi connectivity index (χ4n) is 3.16. The van der Waals surface area contributed by atoms with Gasteiger partial charge in [-0.1, -0.05) is 36.4 Å². The highest BCUT2D eigenvalue weighted by Crippen LogP contribution is 2.32. The third kappa shape index (κ3) is 5.48. The van der Waals surface area contributed by atoms with E-state index in [1.165, 1.54) is 12.1 Å². The molecule has 1 aromatic heterocycles. The number of hydrogen-bond donors (Lipinski definition) is 0. The molecular formula is C22H23F3N4O. The predicted molar refractivity (Wildman–Crippen MR) is 108 cm³/mol. The smallest absolute Gasteiger partial charge is 0.340 e. The van der Waals surface area contributed by atoms with Gasteiger partial charge in [0.2, 0.25) is 5.91 Å². The molecule has 3 rings (SSSR count). The van der Waals surface area contributed by atoms with Crippen molar-refractivity contribution in [1.29, 1.82) is 0 Å². The Kier molecular flexibility index (Phi) is 6.56. The number of para-hydroxylation sites is 1. The van der Waals surface area contributed by atoms with Gasteiger partial charge in [0, 0.05) is 31.9 Å². The summed E-state index contributed by atoms with van der Waals surface area (Å²) in [5, 5.41) is 4.31. The normalized spacial score (nSPS) is 11.7. The maximum absolute atomic E-state index is 13.2. The molecule has 0 atom stereocenters. The number of carbonyl (C=O) groups is 1. The van der Waals surface area contributed by atoms with Gasteiger partial charge in [-0.3, -0.25) is 9.69 Å². The third-order valence-corrected chi connectivity index (χ3v) is 4.67. The highest BCUT2D eigenvalue weighted by Gasteiger charge is 2.33. The average Bonchev–Trinajstić information content (AvgIpc) is 3.16. The van der Waals surface area contributed by atoms with Gasteiger partial charge in [0.05, 0.1) is 24.0 Å². The third-order valence-electron chi connectivity index (χ3n) is 4.67. The van der Waals surface area contributed by atoms with Gasteiger partial charge in [-0.25, -0.2) is 4.68 Å². The van der Waals surface area contributed by atoms with Crippen molar-refractivity contribution >= 4 is 5.91 Å². The molecule has 1 heterocycles. The lowest BCUT2D eigenvalue weighted by atomic mass is 10.1. The zero-order valence-electron chi connectivity index (χ0n) is 16.8. The van der Waals surface area contributed by atoms with Crippen LogP contribution in [0.5, 0.6) is 0 Å². The van der Waals surface area contributed by atoms with E-state index in [9.17, 15) is 18.0 Å². The zero-order valence-corrected chi connectivity index (χ0v) is 16.8. The Labute approximate surface area is 173 Å². The molecule has 2 aromatic carbocycles. The average molecular weight is 416 g/mol. The van der Waals surface area contributed by atoms with E-state index in [-0.39, 0.29) is 24.6 Å². The minimum absolute atomic E-state index is 0.00944. The Morgan fingerprint density at radius 3 is 2.37 bits per heavy atom. The molecule has 0 aliphatic heterocycles. The highest BCUT2D eigenvalue weighted by molar-refractivity contribution is 5.77. The van der Waals surface area contributed by atoms with Gasteiger partial charge in [-0.15, -0.1) is 0 Å². The second-order valence-electron chi connectivity index (χ2n) is 7.21. The molecule has 0 saturated carbocycles. The monoisotopic (exact) mass is 416 g/mol. The van der Waals surface area contributed by atoms with Gasteiger partial charge in [-0.05, 0) is 30.8 Å². The van der Waals surface area contributed by atoms with Crippen molar-refractivity contribution in [2.75, 3.05) is 20.6 Å². The molecule has 3 aromatic rings. The molecule has 0 fully saturated rings. The molecule has 8 heteroatoms. The van der Waals surface area contributed by atoms with Gasteiger partial charge in [-0.2, -0.15) is 18.3 Å². The summed E-state index contributed by atoms with van der Waals surface area (Å²) in [5.74, 6) is -0.186. The summed E-state index contributed by atoms with van der Waals surface area (Å²) >= 11 is 0. The van der Waals surface area contributed by atoms with E-state index >= 15 is 0 Å². The maximum Gasteiger partial charge on any atom is 0.416 e. The number of amides is 1. The predicted octanol–water partition coefficient (Wildman–Crippen LogP) is 3.98. The Balaban J connectivity index is 1.58. The minimum Gasteiger partial charge on any atom is -0.340 e. The summed E-state index contributed by atoms with van der Waals surface area (Å²) in [7, 11) is 3.30. The molecule has 0 spiro atoms. The van der Waals surface area contributed by atoms with Crippen LogP contribution in [0.4, 0.5) is 13.2 Å². The maximum atomic E-state index is 13.2. The van der Waals surface area contributed by atoms with Gasteiger partial charge < -0.3 is 4.90 Å². The fraction of sp³-hybridized carbons (Fsp3) is 0.273. The molecule has 5 nitrogen and oxygen atoms in total. The molecule has 0 aliphatic rings. The van der Waals surface area contributed by atoms with E-state index in [1.807, 2.05) is 36.5 Å². The molecule has 0 saturated heterocycles. The number of rotatable bonds is 7. The lowest BCUT2D eigenvalue weighted by molar-refractivity contribution is -0.138. The van der Waals surface area contributed by atoms with Crippen LogP contribution in [0.15, 0.2) is 67.0 Å². The van der Waals surface area contributed by atoms with Crippen molar-refractivity contribution in [3.63, 3.8) is 0 Å². The zero-order chi connectivity index (χ0) is 21.7. The molecule has 0 radical (unpaired) electrons. The van der Waals surface area contributed by atoms with Crippen molar-refractivity contribution in [3.05, 3.63) is 83.7 Å². The van der Waals surface area contributed by atoms with Crippen LogP contribution in [0.1, 0.15) is 16.7 Å². The highest BCUT2D eigenvalue weighted by atomic mass is 19.4. The van der Waals surface area contributed by atoms with Crippen LogP contribution < -0.4 is 0 Å². The SMILES string of the molecule is CN(CC(=O)N(C)Cc1cnn(-c2ccccc2)c1)Cc1ccccc1C(F)(F)F. The number of alkyl halides is 3. The molecule has 158 valence electrons. The van der Waals surface area contributed by atoms with Crippen LogP contribution in [0.3, 0.4) is 0 Å². The number of halogens is 3. The number of likely N-dealkylation sites (N-methyl/N-ethyl adjacent to an activating group) is 2. The molecule has 0 unspecified atom stereocenters. The van der Waals surface area contributed by atoms with Crippen LogP contribution in [0, 0.1) is 0 Å². The van der Waals surface area contributed by atoms with Crippen molar-refractivity contribution < 1.29 is 18.0 Å². The second-order valence-corrected chi connectivity index (χ2v) is 7.21. The van der Waals surface area contributed by atoms with Gasteiger partial charge >= 0.3 is 6.18 Å². The summed E-state index contributed by atoms with van der Waals surface area (Å²) in [6.45, 7) is 0.398. The summed E-state index contributed by atoms with van der Waals surface area (Å²) in [5.41, 5.74) is 1.25. The first-order valence-corrected chi connectivity index (χ1v) is 9.40. The molecule has 0 aliphatic carbocycles. The second kappa shape index (κ2) is 9.13. The molecule has 30 heavy (non-hydrogen) atoms. The van der Waals surface area contributed by atoms with Gasteiger partial charge in [0.25, 0.3) is 0 Å². The van der Waals surface area contributed by atoms with E-state index in [1.54, 1.807) is 40.8 Å². The van der Waals surface area contributed by atoms with E-state index in [0.717, 1.165) is 17.3 Å². The first-order valence-electron chi connectivity index (χ1n) is 9.40. The summed E-state index contributed by atoms with van der Waals surface area (Å²) in [4.78, 5) is 15.7. The standard InChI is InChI=1S/C22H23F3N4O/c1-27(15-18-8-6-7-11-20(18)22(23,24)25)16-21(30)28(2)13-17-12-26-29(14-17)19-9-4-3-5-10-19/h3-12,14H,13,15-16H2,1-2H3. The van der Waals surface area contributed by atoms with Gasteiger partial charge in [0.1, 0.15) is 0 Å². The van der Waals surface area contributed by atoms with Crippen LogP contribution in [-0.2, 0) is 24.1 Å². The topological polar surface area (TPSA) is 41.4 Å². The minimum atomic E-state index is -4.42. The number of benzene rings is 2. The van der Waals surface area contributed by atoms with Crippen molar-refractivity contribution in [2.24, 2.45) is 0 Å². The molecule has 0 bridgehead atoms. The Hall–Kier alpha value is -3.13. The van der Waals surface area contributed by atoms with Crippen molar-refractivity contribution in [2.45, 2.75) is 19.3 Å². The summed E-state index contributed by atoms with van der Waals surface area (Å²) in [6, 6.07) is 15.0. The molecule has 1 amide bonds. The van der Waals surface area contributed by atoms with Crippen molar-refractivity contribution in [3.8, 4) is 5.69 Å². The lowest BCUT2D eigenvalue weighted by Crippen LogP contribution is -2.36. The number of carbonyl (C=O) groups excluding carboxylic acids is 1. The van der Waals surface area contributed by atoms with Crippen LogP contribution in [-0.4, -0.2) is 46.1 Å². The van der Waals surface area contributed by atoms with E-state index < -0.39 is 11.7 Å². The molecular weight excluding hydrogens is 393 g/mol. The van der Waals surface area contributed by atoms with Crippen molar-refractivity contribution in [1.82, 2.24) is 19.6 Å². The summed E-state index contributed by atoms with van der Waals surface area (Å²) in [6.07, 6.45) is -0.875. The number of hydrogen-bond acceptors (Lipinski definition) is 3. The fourth-order valence-corrected chi connectivity index (χ4v) is 3.16. The van der Waals surface area contributed by atoms with E-state index in [2.05, 4.69) is 5.10 Å². The number of aromatic nitrogens is 2. The van der Waals surface area contributed by atoms with Crippen LogP contribution in [0.2, 0.25) is 0 Å². The number of nitrogens with zero attached hydrogens (tertiary/aromatic N) is 4. The van der Waals surface area contributed by atoms with E-state index in [0.29, 0.717) is 6.54 Å². The van der Waals surface area contributed by atoms with Gasteiger partial charge in [0.15, 0.2) is 0 Å². The van der Waals surface area contributed by atoms with E-state index in [4.69, 9.17) is 0 Å². The Bertz CT molecular complexity index is 985. The van der Waals surface area contributed by atoms with Crippen LogP contribution in [0.25, 0.3) is 5.69 Å². The first-order chi connectivity index (χ1) is 14.2. The Morgan fingerprint density at radius 1 is 1.00 bits per heavy atom. The molecule has 0 N–H and O–H groups in total. The largest absolute Gasteiger partial charge is 0.416 e. The first kappa shape index (κ1) is 21.6. The lowest BCUT2D eigenvalue weighted by Gasteiger charge is -2.23. The summed E-state index contributed by atoms with van der Waals surface area (Å²) < 4.78 is 41.2. The Morgan fingerprint density at radius 2 is 1.67 bits per heavy atom. The van der Waals surface area contributed by atoms with Crippen LogP contribution >= 0.6 is 0 Å². The quantitative estimate of drug-likeness (QED) is 0.585.